The maximum absolute atomic E-state index is 11.3. The van der Waals surface area contributed by atoms with Gasteiger partial charge in [0.1, 0.15) is 6.04 Å². The number of nitrogens with two attached hydrogens (primary N) is 2. The molecule has 2 rings (SSSR count). The number of aromatic amines is 1. The number of hydrogen-bond donors (Lipinski definition) is 5. The van der Waals surface area contributed by atoms with Gasteiger partial charge >= 0.3 is 35.2 Å². The zero-order chi connectivity index (χ0) is 19.0. The number of benzene rings is 1. The van der Waals surface area contributed by atoms with Crippen molar-refractivity contribution in [3.63, 3.8) is 0 Å². The molecule has 0 radical (unpaired) electrons. The molecule has 0 aliphatic heterocycles. The van der Waals surface area contributed by atoms with Crippen molar-refractivity contribution in [3.8, 4) is 0 Å². The maximum atomic E-state index is 11.3. The van der Waals surface area contributed by atoms with Crippen molar-refractivity contribution >= 4 is 56.2 Å². The van der Waals surface area contributed by atoms with Gasteiger partial charge in [0, 0.05) is 30.1 Å². The number of aromatic nitrogens is 1. The minimum Gasteiger partial charge on any atom is -1.00 e. The zero-order valence-corrected chi connectivity index (χ0v) is 16.0. The van der Waals surface area contributed by atoms with Crippen LogP contribution in [-0.4, -0.2) is 76.6 Å². The number of esters is 1. The van der Waals surface area contributed by atoms with E-state index in [4.69, 9.17) is 21.1 Å². The van der Waals surface area contributed by atoms with Gasteiger partial charge in [0.2, 0.25) is 0 Å². The van der Waals surface area contributed by atoms with Crippen molar-refractivity contribution in [1.29, 1.82) is 0 Å². The fourth-order valence-electron chi connectivity index (χ4n) is 1.93. The fraction of sp³-hybridized carbons (Fsp3) is 0.286. The first-order valence-corrected chi connectivity index (χ1v) is 8.65. The van der Waals surface area contributed by atoms with Gasteiger partial charge in [-0.15, -0.1) is 0 Å². The topological polar surface area (TPSA) is 186 Å². The second-order valence-electron chi connectivity index (χ2n) is 4.93. The minimum atomic E-state index is -3.80. The van der Waals surface area contributed by atoms with E-state index in [9.17, 15) is 18.0 Å². The molecule has 0 aliphatic carbocycles. The Bertz CT molecular complexity index is 848. The largest absolute Gasteiger partial charge is 2.00 e. The molecule has 10 nitrogen and oxygen atoms in total. The fourth-order valence-corrected chi connectivity index (χ4v) is 2.23. The van der Waals surface area contributed by atoms with Crippen LogP contribution in [0.1, 0.15) is 8.42 Å². The molecule has 0 fully saturated rings. The quantitative estimate of drug-likeness (QED) is 0.198. The first-order valence-electron chi connectivity index (χ1n) is 7.04. The van der Waals surface area contributed by atoms with Crippen LogP contribution in [0.3, 0.4) is 0 Å². The average Bonchev–Trinajstić information content (AvgIpc) is 2.89. The number of H-pyrrole nitrogens is 1. The van der Waals surface area contributed by atoms with Crippen molar-refractivity contribution in [2.24, 2.45) is 11.5 Å². The van der Waals surface area contributed by atoms with Gasteiger partial charge in [0.25, 0.3) is 10.1 Å². The van der Waals surface area contributed by atoms with Gasteiger partial charge in [-0.25, -0.2) is 9.59 Å². The summed E-state index contributed by atoms with van der Waals surface area (Å²) in [6, 6.07) is 6.57. The Balaban J connectivity index is -0.000000546. The number of rotatable bonds is 5. The number of carbonyl (C=O) groups is 2. The van der Waals surface area contributed by atoms with Crippen molar-refractivity contribution in [2.75, 3.05) is 12.3 Å². The third-order valence-corrected chi connectivity index (χ3v) is 3.73. The second-order valence-corrected chi connectivity index (χ2v) is 6.50. The number of fused-ring (bicyclic) bond motifs is 1. The van der Waals surface area contributed by atoms with Gasteiger partial charge in [-0.2, -0.15) is 8.42 Å². The summed E-state index contributed by atoms with van der Waals surface area (Å²) in [5.41, 5.74) is 12.2. The Morgan fingerprint density at radius 1 is 1.31 bits per heavy atom. The van der Waals surface area contributed by atoms with Crippen molar-refractivity contribution in [3.05, 3.63) is 36.0 Å². The molecule has 0 aliphatic rings. The summed E-state index contributed by atoms with van der Waals surface area (Å²) in [6.45, 7) is -0.0289. The summed E-state index contributed by atoms with van der Waals surface area (Å²) < 4.78 is 31.3. The van der Waals surface area contributed by atoms with Gasteiger partial charge in [0.05, 0.1) is 5.75 Å². The molecule has 1 aromatic carbocycles. The summed E-state index contributed by atoms with van der Waals surface area (Å²) in [5.74, 6) is -1.31. The molecule has 142 valence electrons. The Labute approximate surface area is 168 Å². The predicted molar refractivity (Wildman–Crippen MR) is 97.5 cm³/mol. The van der Waals surface area contributed by atoms with E-state index in [-0.39, 0.29) is 44.6 Å². The van der Waals surface area contributed by atoms with E-state index in [1.54, 1.807) is 6.20 Å². The molecule has 2 aromatic rings. The van der Waals surface area contributed by atoms with Crippen molar-refractivity contribution in [2.45, 2.75) is 12.5 Å². The molecule has 1 heterocycles. The van der Waals surface area contributed by atoms with Gasteiger partial charge < -0.3 is 29.1 Å². The van der Waals surface area contributed by atoms with E-state index in [1.165, 1.54) is 0 Å². The normalized spacial score (nSPS) is 11.7. The first kappa shape index (κ1) is 24.3. The Kier molecular flexibility index (Phi) is 10.4. The molecule has 0 spiro atoms. The Morgan fingerprint density at radius 2 is 1.92 bits per heavy atom. The SMILES string of the molecule is NCCS(=O)(=O)O.N[C@@H](Cc1c[nH]c2ccccc12)C(=O)OC(=O)O.[H-].[H-].[Mg+2]. The Hall–Kier alpha value is -1.70. The standard InChI is InChI=1S/C12H12N2O4.C2H7NO3S.Mg.2H/c13-9(11(15)18-12(16)17)5-7-6-14-10-4-2-1-3-8(7)10;3-1-2-7(4,5)6;;;/h1-4,6,9,14H,5,13H2,(H,16,17);1-3H2,(H,4,5,6);;;/q;;+2;2*-1/t9-;;;;/m0..../s1. The van der Waals surface area contributed by atoms with Crippen LogP contribution in [0.2, 0.25) is 0 Å². The number of carboxylic acid groups (broad SMARTS) is 1. The van der Waals surface area contributed by atoms with Crippen LogP contribution in [0.15, 0.2) is 30.5 Å². The van der Waals surface area contributed by atoms with Gasteiger partial charge in [-0.1, -0.05) is 18.2 Å². The molecule has 26 heavy (non-hydrogen) atoms. The number of ether oxygens (including phenoxy) is 1. The van der Waals surface area contributed by atoms with E-state index in [0.717, 1.165) is 16.5 Å². The van der Waals surface area contributed by atoms with Crippen LogP contribution in [-0.2, 0) is 26.1 Å². The van der Waals surface area contributed by atoms with Crippen molar-refractivity contribution in [1.82, 2.24) is 4.98 Å². The monoisotopic (exact) mass is 399 g/mol. The van der Waals surface area contributed by atoms with Crippen LogP contribution in [0.4, 0.5) is 4.79 Å². The molecule has 0 saturated heterocycles. The number of hydrogen-bond acceptors (Lipinski definition) is 7. The summed E-state index contributed by atoms with van der Waals surface area (Å²) >= 11 is 0. The van der Waals surface area contributed by atoms with E-state index in [2.05, 4.69) is 9.72 Å². The second kappa shape index (κ2) is 11.1. The predicted octanol–water partition coefficient (Wildman–Crippen LogP) is -0.0640. The number of nitrogens with one attached hydrogen (secondary N) is 1. The van der Waals surface area contributed by atoms with Crippen molar-refractivity contribution < 1.29 is 35.3 Å². The molecule has 0 bridgehead atoms. The van der Waals surface area contributed by atoms with E-state index < -0.39 is 28.3 Å². The summed E-state index contributed by atoms with van der Waals surface area (Å²) in [7, 11) is -3.80. The van der Waals surface area contributed by atoms with Crippen LogP contribution in [0.25, 0.3) is 10.9 Å². The molecule has 0 unspecified atom stereocenters. The van der Waals surface area contributed by atoms with E-state index in [1.807, 2.05) is 24.3 Å². The van der Waals surface area contributed by atoms with Gasteiger partial charge in [0.15, 0.2) is 0 Å². The zero-order valence-electron chi connectivity index (χ0n) is 15.8. The molecule has 7 N–H and O–H groups in total. The molecule has 0 amide bonds. The first-order chi connectivity index (χ1) is 11.6. The van der Waals surface area contributed by atoms with Crippen LogP contribution in [0, 0.1) is 0 Å². The number of para-hydroxylation sites is 1. The summed E-state index contributed by atoms with van der Waals surface area (Å²) in [4.78, 5) is 24.6. The average molecular weight is 400 g/mol. The molecule has 1 aromatic heterocycles. The van der Waals surface area contributed by atoms with Crippen LogP contribution < -0.4 is 11.5 Å². The summed E-state index contributed by atoms with van der Waals surface area (Å²) in [5, 5.41) is 9.28. The molecular weight excluding hydrogens is 379 g/mol. The number of carbonyl (C=O) groups excluding carboxylic acids is 1. The molecule has 0 saturated carbocycles. The van der Waals surface area contributed by atoms with Crippen LogP contribution >= 0.6 is 0 Å². The van der Waals surface area contributed by atoms with Crippen LogP contribution in [0.5, 0.6) is 0 Å². The molecule has 1 atom stereocenters. The van der Waals surface area contributed by atoms with E-state index >= 15 is 0 Å². The Morgan fingerprint density at radius 3 is 2.42 bits per heavy atom. The van der Waals surface area contributed by atoms with Gasteiger partial charge in [-0.3, -0.25) is 4.55 Å². The molecule has 12 heteroatoms. The maximum Gasteiger partial charge on any atom is 2.00 e. The van der Waals surface area contributed by atoms with Gasteiger partial charge in [-0.05, 0) is 11.6 Å². The summed E-state index contributed by atoms with van der Waals surface area (Å²) in [6.07, 6.45) is 0.323. The third kappa shape index (κ3) is 8.60. The minimum absolute atomic E-state index is 0. The third-order valence-electron chi connectivity index (χ3n) is 2.98. The van der Waals surface area contributed by atoms with E-state index in [0.29, 0.717) is 0 Å². The smallest absolute Gasteiger partial charge is 1.00 e. The molecular formula is C14H21MgN3O7S.